The topological polar surface area (TPSA) is 30.0 Å². The van der Waals surface area contributed by atoms with Gasteiger partial charge in [0.1, 0.15) is 6.29 Å². The number of aromatic nitrogens is 1. The summed E-state index contributed by atoms with van der Waals surface area (Å²) < 4.78 is 0. The zero-order valence-corrected chi connectivity index (χ0v) is 10.0. The molecule has 2 nitrogen and oxygen atoms in total. The summed E-state index contributed by atoms with van der Waals surface area (Å²) in [6, 6.07) is 5.72. The Morgan fingerprint density at radius 2 is 1.36 bits per heavy atom. The Labute approximate surface area is 88.4 Å². The van der Waals surface area contributed by atoms with Crippen molar-refractivity contribution in [3.8, 4) is 0 Å². The minimum Gasteiger partial charge on any atom is -0.303 e. The maximum Gasteiger partial charge on any atom is 0.119 e. The van der Waals surface area contributed by atoms with Crippen molar-refractivity contribution in [2.75, 3.05) is 0 Å². The zero-order valence-electron chi connectivity index (χ0n) is 10.0. The highest BCUT2D eigenvalue weighted by Gasteiger charge is 1.58. The van der Waals surface area contributed by atoms with Crippen molar-refractivity contribution in [2.24, 2.45) is 0 Å². The van der Waals surface area contributed by atoms with E-state index in [-0.39, 0.29) is 0 Å². The molecule has 0 fully saturated rings. The minimum absolute atomic E-state index is 0.639. The van der Waals surface area contributed by atoms with Crippen LogP contribution in [-0.4, -0.2) is 11.3 Å². The van der Waals surface area contributed by atoms with Gasteiger partial charge in [0.2, 0.25) is 0 Å². The van der Waals surface area contributed by atoms with Crippen LogP contribution in [0.3, 0.4) is 0 Å². The molecular formula is C12H23NO. The molecule has 1 aromatic heterocycles. The van der Waals surface area contributed by atoms with Gasteiger partial charge in [-0.05, 0) is 12.1 Å². The summed E-state index contributed by atoms with van der Waals surface area (Å²) >= 11 is 0. The Bertz CT molecular complexity index is 125. The summed E-state index contributed by atoms with van der Waals surface area (Å²) in [5.74, 6) is 0. The van der Waals surface area contributed by atoms with E-state index < -0.39 is 0 Å². The first-order valence-electron chi connectivity index (χ1n) is 5.20. The summed E-state index contributed by atoms with van der Waals surface area (Å²) in [5.41, 5.74) is 0. The number of rotatable bonds is 1. The van der Waals surface area contributed by atoms with E-state index in [9.17, 15) is 4.79 Å². The lowest BCUT2D eigenvalue weighted by Crippen LogP contribution is -1.58. The van der Waals surface area contributed by atoms with E-state index in [4.69, 9.17) is 0 Å². The normalized spacial score (nSPS) is 6.07. The standard InChI is InChI=1S/C5H5N.C3H6O.2C2H6/c1-2-4-6-5-3-1;1-2-3-4;2*1-2/h1-5H;3H,2H2,1H3;2*1-2H3. The fourth-order valence-electron chi connectivity index (χ4n) is 0.313. The molecule has 0 aromatic carbocycles. The lowest BCUT2D eigenvalue weighted by atomic mass is 10.5. The quantitative estimate of drug-likeness (QED) is 0.642. The van der Waals surface area contributed by atoms with E-state index in [1.54, 1.807) is 12.4 Å². The van der Waals surface area contributed by atoms with Crippen molar-refractivity contribution in [3.63, 3.8) is 0 Å². The fourth-order valence-corrected chi connectivity index (χ4v) is 0.313. The second kappa shape index (κ2) is 29.8. The highest BCUT2D eigenvalue weighted by Crippen LogP contribution is 1.73. The van der Waals surface area contributed by atoms with E-state index in [0.29, 0.717) is 6.42 Å². The van der Waals surface area contributed by atoms with Crippen LogP contribution >= 0.6 is 0 Å². The van der Waals surface area contributed by atoms with E-state index in [1.807, 2.05) is 52.8 Å². The molecule has 1 aromatic rings. The smallest absolute Gasteiger partial charge is 0.119 e. The van der Waals surface area contributed by atoms with Crippen LogP contribution in [-0.2, 0) is 4.79 Å². The van der Waals surface area contributed by atoms with E-state index in [1.165, 1.54) is 0 Å². The van der Waals surface area contributed by atoms with Gasteiger partial charge in [-0.25, -0.2) is 0 Å². The van der Waals surface area contributed by atoms with Crippen molar-refractivity contribution in [1.29, 1.82) is 0 Å². The van der Waals surface area contributed by atoms with Crippen LogP contribution < -0.4 is 0 Å². The van der Waals surface area contributed by atoms with Crippen molar-refractivity contribution in [2.45, 2.75) is 41.0 Å². The highest BCUT2D eigenvalue weighted by molar-refractivity contribution is 5.48. The summed E-state index contributed by atoms with van der Waals surface area (Å²) in [6.07, 6.45) is 5.01. The van der Waals surface area contributed by atoms with Crippen LogP contribution in [0.1, 0.15) is 41.0 Å². The fraction of sp³-hybridized carbons (Fsp3) is 0.500. The second-order valence-electron chi connectivity index (χ2n) is 1.60. The van der Waals surface area contributed by atoms with Gasteiger partial charge in [0.25, 0.3) is 0 Å². The molecule has 0 N–H and O–H groups in total. The third kappa shape index (κ3) is 30.8. The zero-order chi connectivity index (χ0) is 11.7. The molecule has 14 heavy (non-hydrogen) atoms. The molecule has 0 amide bonds. The highest BCUT2D eigenvalue weighted by atomic mass is 16.1. The van der Waals surface area contributed by atoms with Crippen LogP contribution in [0.15, 0.2) is 30.6 Å². The number of nitrogens with zero attached hydrogens (tertiary/aromatic N) is 1. The molecule has 2 heteroatoms. The van der Waals surface area contributed by atoms with Gasteiger partial charge in [-0.1, -0.05) is 40.7 Å². The Hall–Kier alpha value is -1.18. The van der Waals surface area contributed by atoms with Crippen LogP contribution in [0.5, 0.6) is 0 Å². The predicted molar refractivity (Wildman–Crippen MR) is 63.3 cm³/mol. The average Bonchev–Trinajstić information content (AvgIpc) is 2.36. The Morgan fingerprint density at radius 3 is 1.43 bits per heavy atom. The molecule has 0 saturated carbocycles. The molecule has 0 spiro atoms. The number of hydrogen-bond acceptors (Lipinski definition) is 2. The Balaban J connectivity index is -0.000000134. The average molecular weight is 197 g/mol. The van der Waals surface area contributed by atoms with E-state index in [0.717, 1.165) is 6.29 Å². The van der Waals surface area contributed by atoms with Gasteiger partial charge in [-0.2, -0.15) is 0 Å². The second-order valence-corrected chi connectivity index (χ2v) is 1.60. The van der Waals surface area contributed by atoms with Gasteiger partial charge in [0.05, 0.1) is 0 Å². The largest absolute Gasteiger partial charge is 0.303 e. The van der Waals surface area contributed by atoms with Crippen molar-refractivity contribution >= 4 is 6.29 Å². The molecule has 0 aliphatic heterocycles. The third-order valence-corrected chi connectivity index (χ3v) is 0.733. The molecule has 0 aliphatic carbocycles. The molecule has 1 heterocycles. The maximum absolute atomic E-state index is 9.17. The van der Waals surface area contributed by atoms with Gasteiger partial charge >= 0.3 is 0 Å². The third-order valence-electron chi connectivity index (χ3n) is 0.733. The predicted octanol–water partition coefficient (Wildman–Crippen LogP) is 3.73. The van der Waals surface area contributed by atoms with Gasteiger partial charge in [0.15, 0.2) is 0 Å². The lowest BCUT2D eigenvalue weighted by molar-refractivity contribution is -0.107. The first kappa shape index (κ1) is 18.6. The minimum atomic E-state index is 0.639. The summed E-state index contributed by atoms with van der Waals surface area (Å²) in [7, 11) is 0. The van der Waals surface area contributed by atoms with Crippen LogP contribution in [0.4, 0.5) is 0 Å². The van der Waals surface area contributed by atoms with Crippen LogP contribution in [0, 0.1) is 0 Å². The molecule has 0 aliphatic rings. The molecule has 0 saturated heterocycles. The molecular weight excluding hydrogens is 174 g/mol. The summed E-state index contributed by atoms with van der Waals surface area (Å²) in [5, 5.41) is 0. The van der Waals surface area contributed by atoms with Crippen LogP contribution in [0.25, 0.3) is 0 Å². The Morgan fingerprint density at radius 1 is 1.00 bits per heavy atom. The number of aldehydes is 1. The SMILES string of the molecule is CC.CC.CCC=O.c1ccncc1. The molecule has 0 bridgehead atoms. The van der Waals surface area contributed by atoms with E-state index in [2.05, 4.69) is 4.98 Å². The first-order chi connectivity index (χ1) is 6.91. The molecule has 0 unspecified atom stereocenters. The van der Waals surface area contributed by atoms with Crippen LogP contribution in [0.2, 0.25) is 0 Å². The molecule has 1 rings (SSSR count). The number of carbonyl (C=O) groups is 1. The van der Waals surface area contributed by atoms with Crippen molar-refractivity contribution in [1.82, 2.24) is 4.98 Å². The van der Waals surface area contributed by atoms with Gasteiger partial charge in [-0.15, -0.1) is 0 Å². The van der Waals surface area contributed by atoms with Gasteiger partial charge in [0, 0.05) is 18.8 Å². The van der Waals surface area contributed by atoms with Gasteiger partial charge in [-0.3, -0.25) is 4.98 Å². The van der Waals surface area contributed by atoms with Gasteiger partial charge < -0.3 is 4.79 Å². The molecule has 0 radical (unpaired) electrons. The lowest BCUT2D eigenvalue weighted by Gasteiger charge is -1.70. The molecule has 0 atom stereocenters. The first-order valence-corrected chi connectivity index (χ1v) is 5.20. The summed E-state index contributed by atoms with van der Waals surface area (Å²) in [4.78, 5) is 13.0. The maximum atomic E-state index is 9.17. The monoisotopic (exact) mass is 197 g/mol. The number of pyridine rings is 1. The number of carbonyl (C=O) groups excluding carboxylic acids is 1. The van der Waals surface area contributed by atoms with Crippen molar-refractivity contribution < 1.29 is 4.79 Å². The Kier molecular flexibility index (Phi) is 39.5. The number of hydrogen-bond donors (Lipinski definition) is 0. The van der Waals surface area contributed by atoms with E-state index >= 15 is 0 Å². The summed E-state index contributed by atoms with van der Waals surface area (Å²) in [6.45, 7) is 9.81. The molecule has 82 valence electrons. The van der Waals surface area contributed by atoms with Crippen molar-refractivity contribution in [3.05, 3.63) is 30.6 Å².